The van der Waals surface area contributed by atoms with Gasteiger partial charge < -0.3 is 15.3 Å². The van der Waals surface area contributed by atoms with Crippen molar-refractivity contribution in [2.75, 3.05) is 13.1 Å². The van der Waals surface area contributed by atoms with Crippen LogP contribution in [-0.2, 0) is 4.79 Å². The van der Waals surface area contributed by atoms with Crippen molar-refractivity contribution in [1.82, 2.24) is 15.1 Å². The Morgan fingerprint density at radius 3 is 2.22 bits per heavy atom. The Morgan fingerprint density at radius 1 is 1.00 bits per heavy atom. The average molecular weight is 506 g/mol. The van der Waals surface area contributed by atoms with Crippen molar-refractivity contribution in [2.24, 2.45) is 0 Å². The van der Waals surface area contributed by atoms with Crippen LogP contribution in [0.4, 0.5) is 4.79 Å². The summed E-state index contributed by atoms with van der Waals surface area (Å²) in [6.45, 7) is 10.5. The molecule has 0 spiro atoms. The summed E-state index contributed by atoms with van der Waals surface area (Å²) in [4.78, 5) is 42.8. The molecule has 2 aromatic carbocycles. The van der Waals surface area contributed by atoms with Gasteiger partial charge in [0.25, 0.3) is 5.91 Å². The summed E-state index contributed by atoms with van der Waals surface area (Å²) in [7, 11) is 0. The SMILES string of the molecule is Cc1ccc(C2CC(NC(=O)c3ccccc3)CN(C(=O)C3(N(C(=O)O)C(C)(C)C)CCC3)C2)cc1C. The highest BCUT2D eigenvalue weighted by Gasteiger charge is 2.56. The predicted molar refractivity (Wildman–Crippen MR) is 144 cm³/mol. The Hall–Kier alpha value is -3.35. The molecular weight excluding hydrogens is 466 g/mol. The van der Waals surface area contributed by atoms with Gasteiger partial charge in [-0.25, -0.2) is 4.79 Å². The van der Waals surface area contributed by atoms with E-state index in [0.717, 1.165) is 12.0 Å². The number of aryl methyl sites for hydroxylation is 2. The van der Waals surface area contributed by atoms with Gasteiger partial charge >= 0.3 is 6.09 Å². The van der Waals surface area contributed by atoms with E-state index >= 15 is 0 Å². The van der Waals surface area contributed by atoms with Crippen molar-refractivity contribution >= 4 is 17.9 Å². The fraction of sp³-hybridized carbons (Fsp3) is 0.500. The number of carbonyl (C=O) groups excluding carboxylic acids is 2. The molecule has 7 nitrogen and oxygen atoms in total. The molecule has 2 atom stereocenters. The zero-order valence-corrected chi connectivity index (χ0v) is 22.6. The van der Waals surface area contributed by atoms with Gasteiger partial charge in [0.2, 0.25) is 5.91 Å². The van der Waals surface area contributed by atoms with Crippen molar-refractivity contribution in [2.45, 2.75) is 83.3 Å². The third-order valence-corrected chi connectivity index (χ3v) is 7.98. The third-order valence-electron chi connectivity index (χ3n) is 7.98. The molecule has 1 heterocycles. The Morgan fingerprint density at radius 2 is 1.68 bits per heavy atom. The number of benzene rings is 2. The van der Waals surface area contributed by atoms with E-state index in [1.807, 2.05) is 39.0 Å². The molecule has 2 unspecified atom stereocenters. The predicted octanol–water partition coefficient (Wildman–Crippen LogP) is 5.12. The van der Waals surface area contributed by atoms with E-state index in [2.05, 4.69) is 37.4 Å². The molecule has 7 heteroatoms. The van der Waals surface area contributed by atoms with Crippen molar-refractivity contribution in [3.8, 4) is 0 Å². The van der Waals surface area contributed by atoms with Gasteiger partial charge in [0.05, 0.1) is 0 Å². The molecule has 0 radical (unpaired) electrons. The number of amides is 3. The maximum atomic E-state index is 14.2. The lowest BCUT2D eigenvalue weighted by molar-refractivity contribution is -0.155. The second kappa shape index (κ2) is 10.2. The number of rotatable bonds is 5. The van der Waals surface area contributed by atoms with Crippen LogP contribution < -0.4 is 5.32 Å². The van der Waals surface area contributed by atoms with Crippen LogP contribution in [0.25, 0.3) is 0 Å². The smallest absolute Gasteiger partial charge is 0.408 e. The minimum Gasteiger partial charge on any atom is -0.465 e. The minimum atomic E-state index is -1.07. The zero-order chi connectivity index (χ0) is 27.0. The second-order valence-electron chi connectivity index (χ2n) is 11.7. The van der Waals surface area contributed by atoms with Crippen LogP contribution in [0.3, 0.4) is 0 Å². The summed E-state index contributed by atoms with van der Waals surface area (Å²) in [5.41, 5.74) is 2.32. The summed E-state index contributed by atoms with van der Waals surface area (Å²) in [6.07, 6.45) is 1.48. The quantitative estimate of drug-likeness (QED) is 0.590. The molecule has 3 amide bonds. The van der Waals surface area contributed by atoms with Gasteiger partial charge in [0, 0.05) is 36.2 Å². The molecule has 2 fully saturated rings. The van der Waals surface area contributed by atoms with E-state index < -0.39 is 17.2 Å². The zero-order valence-electron chi connectivity index (χ0n) is 22.6. The highest BCUT2D eigenvalue weighted by molar-refractivity contribution is 5.94. The van der Waals surface area contributed by atoms with Crippen molar-refractivity contribution < 1.29 is 19.5 Å². The van der Waals surface area contributed by atoms with Gasteiger partial charge in [-0.05, 0) is 89.1 Å². The number of hydrogen-bond acceptors (Lipinski definition) is 3. The highest BCUT2D eigenvalue weighted by atomic mass is 16.4. The Kier molecular flexibility index (Phi) is 7.36. The van der Waals surface area contributed by atoms with E-state index in [1.54, 1.807) is 17.0 Å². The Labute approximate surface area is 219 Å². The third kappa shape index (κ3) is 5.36. The molecule has 4 rings (SSSR count). The van der Waals surface area contributed by atoms with Crippen molar-refractivity contribution in [3.05, 3.63) is 70.8 Å². The van der Waals surface area contributed by atoms with Crippen molar-refractivity contribution in [1.29, 1.82) is 0 Å². The highest BCUT2D eigenvalue weighted by Crippen LogP contribution is 2.44. The Bertz CT molecular complexity index is 1170. The number of nitrogens with one attached hydrogen (secondary N) is 1. The molecule has 37 heavy (non-hydrogen) atoms. The molecule has 1 aliphatic heterocycles. The van der Waals surface area contributed by atoms with Crippen molar-refractivity contribution in [3.63, 3.8) is 0 Å². The van der Waals surface area contributed by atoms with Gasteiger partial charge in [-0.1, -0.05) is 36.4 Å². The summed E-state index contributed by atoms with van der Waals surface area (Å²) in [5, 5.41) is 13.3. The molecule has 198 valence electrons. The van der Waals surface area contributed by atoms with Gasteiger partial charge in [-0.2, -0.15) is 0 Å². The lowest BCUT2D eigenvalue weighted by Gasteiger charge is -2.55. The van der Waals surface area contributed by atoms with E-state index in [-0.39, 0.29) is 23.8 Å². The van der Waals surface area contributed by atoms with Crippen LogP contribution >= 0.6 is 0 Å². The molecule has 0 aromatic heterocycles. The maximum Gasteiger partial charge on any atom is 0.408 e. The molecule has 1 saturated carbocycles. The summed E-state index contributed by atoms with van der Waals surface area (Å²) in [5.74, 6) is -0.286. The van der Waals surface area contributed by atoms with E-state index in [9.17, 15) is 19.5 Å². The molecule has 2 N–H and O–H groups in total. The largest absolute Gasteiger partial charge is 0.465 e. The topological polar surface area (TPSA) is 90.0 Å². The Balaban J connectivity index is 1.65. The second-order valence-corrected chi connectivity index (χ2v) is 11.7. The van der Waals surface area contributed by atoms with Gasteiger partial charge in [0.1, 0.15) is 5.54 Å². The van der Waals surface area contributed by atoms with E-state index in [1.165, 1.54) is 16.0 Å². The van der Waals surface area contributed by atoms with Crippen LogP contribution in [0.15, 0.2) is 48.5 Å². The number of hydrogen-bond donors (Lipinski definition) is 2. The van der Waals surface area contributed by atoms with Gasteiger partial charge in [-0.15, -0.1) is 0 Å². The number of piperidine rings is 1. The molecule has 2 aromatic rings. The number of carboxylic acid groups (broad SMARTS) is 1. The molecular formula is C30H39N3O4. The lowest BCUT2D eigenvalue weighted by atomic mass is 9.71. The fourth-order valence-corrected chi connectivity index (χ4v) is 5.94. The first-order valence-electron chi connectivity index (χ1n) is 13.2. The maximum absolute atomic E-state index is 14.2. The minimum absolute atomic E-state index is 0.0307. The van der Waals surface area contributed by atoms with Crippen LogP contribution in [0.5, 0.6) is 0 Å². The first-order valence-corrected chi connectivity index (χ1v) is 13.2. The average Bonchev–Trinajstić information content (AvgIpc) is 2.81. The van der Waals surface area contributed by atoms with E-state index in [0.29, 0.717) is 37.9 Å². The number of likely N-dealkylation sites (tertiary alicyclic amines) is 1. The monoisotopic (exact) mass is 505 g/mol. The summed E-state index contributed by atoms with van der Waals surface area (Å²) in [6, 6.07) is 15.2. The molecule has 1 aliphatic carbocycles. The van der Waals surface area contributed by atoms with Gasteiger partial charge in [-0.3, -0.25) is 14.5 Å². The van der Waals surface area contributed by atoms with E-state index in [4.69, 9.17) is 0 Å². The number of carbonyl (C=O) groups is 3. The lowest BCUT2D eigenvalue weighted by Crippen LogP contribution is -2.70. The molecule has 2 aliphatic rings. The molecule has 1 saturated heterocycles. The molecule has 0 bridgehead atoms. The standard InChI is InChI=1S/C30H39N3O4/c1-20-12-13-23(16-21(20)2)24-17-25(31-26(34)22-10-7-6-8-11-22)19-32(18-24)27(35)30(14-9-15-30)33(28(36)37)29(3,4)5/h6-8,10-13,16,24-25H,9,14-15,17-19H2,1-5H3,(H,31,34)(H,36,37). The van der Waals surface area contributed by atoms with Gasteiger partial charge in [0.15, 0.2) is 0 Å². The van der Waals surface area contributed by atoms with Crippen LogP contribution in [0, 0.1) is 13.8 Å². The summed E-state index contributed by atoms with van der Waals surface area (Å²) < 4.78 is 0. The van der Waals surface area contributed by atoms with Crippen LogP contribution in [0.2, 0.25) is 0 Å². The first-order chi connectivity index (χ1) is 17.4. The summed E-state index contributed by atoms with van der Waals surface area (Å²) >= 11 is 0. The van der Waals surface area contributed by atoms with Crippen LogP contribution in [0.1, 0.15) is 79.4 Å². The fourth-order valence-electron chi connectivity index (χ4n) is 5.94. The first kappa shape index (κ1) is 26.7. The number of nitrogens with zero attached hydrogens (tertiary/aromatic N) is 2. The van der Waals surface area contributed by atoms with Crippen LogP contribution in [-0.4, -0.2) is 63.0 Å². The normalized spacial score (nSPS) is 21.1.